The Balaban J connectivity index is 1.96. The predicted octanol–water partition coefficient (Wildman–Crippen LogP) is 1.76. The molecule has 1 saturated heterocycles. The summed E-state index contributed by atoms with van der Waals surface area (Å²) < 4.78 is 5.71. The number of hydrogen-bond acceptors (Lipinski definition) is 3. The van der Waals surface area contributed by atoms with E-state index in [0.717, 1.165) is 19.6 Å². The SMILES string of the molecule is CC1CN(C2CCCCCC2N)CCCO1. The van der Waals surface area contributed by atoms with Gasteiger partial charge in [-0.15, -0.1) is 0 Å². The Hall–Kier alpha value is -0.120. The number of hydrogen-bond donors (Lipinski definition) is 1. The monoisotopic (exact) mass is 226 g/mol. The minimum atomic E-state index is 0.373. The third-order valence-corrected chi connectivity index (χ3v) is 3.98. The smallest absolute Gasteiger partial charge is 0.0674 e. The summed E-state index contributed by atoms with van der Waals surface area (Å²) in [5.74, 6) is 0. The molecule has 16 heavy (non-hydrogen) atoms. The maximum atomic E-state index is 6.32. The van der Waals surface area contributed by atoms with Crippen LogP contribution in [0.5, 0.6) is 0 Å². The summed E-state index contributed by atoms with van der Waals surface area (Å²) in [4.78, 5) is 2.59. The molecule has 0 aromatic rings. The average Bonchev–Trinajstić information content (AvgIpc) is 2.58. The van der Waals surface area contributed by atoms with E-state index in [9.17, 15) is 0 Å². The molecule has 3 unspecified atom stereocenters. The van der Waals surface area contributed by atoms with Gasteiger partial charge in [-0.1, -0.05) is 19.3 Å². The zero-order chi connectivity index (χ0) is 11.4. The van der Waals surface area contributed by atoms with Crippen LogP contribution in [-0.2, 0) is 4.74 Å². The first kappa shape index (κ1) is 12.3. The van der Waals surface area contributed by atoms with E-state index in [2.05, 4.69) is 11.8 Å². The predicted molar refractivity (Wildman–Crippen MR) is 66.5 cm³/mol. The van der Waals surface area contributed by atoms with E-state index in [4.69, 9.17) is 10.5 Å². The maximum absolute atomic E-state index is 6.32. The van der Waals surface area contributed by atoms with Crippen LogP contribution in [0.4, 0.5) is 0 Å². The normalized spacial score (nSPS) is 39.0. The lowest BCUT2D eigenvalue weighted by Gasteiger charge is -2.34. The summed E-state index contributed by atoms with van der Waals surface area (Å²) in [7, 11) is 0. The molecular weight excluding hydrogens is 200 g/mol. The molecule has 94 valence electrons. The molecule has 2 N–H and O–H groups in total. The highest BCUT2D eigenvalue weighted by Crippen LogP contribution is 2.23. The quantitative estimate of drug-likeness (QED) is 0.692. The van der Waals surface area contributed by atoms with Gasteiger partial charge < -0.3 is 10.5 Å². The number of nitrogens with two attached hydrogens (primary N) is 1. The van der Waals surface area contributed by atoms with E-state index in [0.29, 0.717) is 18.2 Å². The highest BCUT2D eigenvalue weighted by Gasteiger charge is 2.28. The van der Waals surface area contributed by atoms with Crippen molar-refractivity contribution < 1.29 is 4.74 Å². The van der Waals surface area contributed by atoms with Crippen LogP contribution < -0.4 is 5.73 Å². The van der Waals surface area contributed by atoms with Crippen molar-refractivity contribution in [1.82, 2.24) is 4.90 Å². The molecule has 1 aliphatic heterocycles. The van der Waals surface area contributed by atoms with Crippen molar-refractivity contribution in [2.45, 2.75) is 63.6 Å². The summed E-state index contributed by atoms with van der Waals surface area (Å²) in [6.45, 7) is 5.33. The highest BCUT2D eigenvalue weighted by molar-refractivity contribution is 4.86. The molecule has 1 aliphatic carbocycles. The van der Waals surface area contributed by atoms with Crippen LogP contribution in [0.1, 0.15) is 45.4 Å². The van der Waals surface area contributed by atoms with E-state index in [1.807, 2.05) is 0 Å². The molecule has 0 amide bonds. The highest BCUT2D eigenvalue weighted by atomic mass is 16.5. The van der Waals surface area contributed by atoms with Crippen LogP contribution in [0, 0.1) is 0 Å². The summed E-state index contributed by atoms with van der Waals surface area (Å²) in [5, 5.41) is 0. The molecule has 2 aliphatic rings. The van der Waals surface area contributed by atoms with Crippen LogP contribution >= 0.6 is 0 Å². The minimum Gasteiger partial charge on any atom is -0.377 e. The van der Waals surface area contributed by atoms with Gasteiger partial charge in [0.1, 0.15) is 0 Å². The summed E-state index contributed by atoms with van der Waals surface area (Å²) in [5.41, 5.74) is 6.32. The van der Waals surface area contributed by atoms with Crippen molar-refractivity contribution in [2.24, 2.45) is 5.73 Å². The Kier molecular flexibility index (Phi) is 4.62. The molecule has 3 nitrogen and oxygen atoms in total. The lowest BCUT2D eigenvalue weighted by Crippen LogP contribution is -2.49. The topological polar surface area (TPSA) is 38.5 Å². The van der Waals surface area contributed by atoms with Gasteiger partial charge in [0.05, 0.1) is 6.10 Å². The molecule has 3 atom stereocenters. The fourth-order valence-electron chi connectivity index (χ4n) is 3.10. The standard InChI is InChI=1S/C13H26N2O/c1-11-10-15(8-5-9-16-11)13-7-4-2-3-6-12(13)14/h11-13H,2-10,14H2,1H3. The first-order valence-electron chi connectivity index (χ1n) is 6.88. The van der Waals surface area contributed by atoms with Crippen molar-refractivity contribution in [2.75, 3.05) is 19.7 Å². The van der Waals surface area contributed by atoms with Gasteiger partial charge >= 0.3 is 0 Å². The average molecular weight is 226 g/mol. The summed E-state index contributed by atoms with van der Waals surface area (Å²) in [6, 6.07) is 0.986. The fraction of sp³-hybridized carbons (Fsp3) is 1.00. The molecule has 2 fully saturated rings. The molecule has 0 spiro atoms. The zero-order valence-electron chi connectivity index (χ0n) is 10.5. The lowest BCUT2D eigenvalue weighted by atomic mass is 10.0. The minimum absolute atomic E-state index is 0.373. The Labute approximate surface area is 99.3 Å². The summed E-state index contributed by atoms with van der Waals surface area (Å²) >= 11 is 0. The third kappa shape index (κ3) is 3.19. The van der Waals surface area contributed by atoms with Gasteiger partial charge in [0.2, 0.25) is 0 Å². The molecule has 1 saturated carbocycles. The molecule has 3 heteroatoms. The van der Waals surface area contributed by atoms with Gasteiger partial charge in [0, 0.05) is 31.8 Å². The van der Waals surface area contributed by atoms with Crippen molar-refractivity contribution >= 4 is 0 Å². The van der Waals surface area contributed by atoms with E-state index < -0.39 is 0 Å². The zero-order valence-corrected chi connectivity index (χ0v) is 10.5. The van der Waals surface area contributed by atoms with Crippen LogP contribution in [0.15, 0.2) is 0 Å². The Morgan fingerprint density at radius 1 is 1.12 bits per heavy atom. The van der Waals surface area contributed by atoms with Crippen LogP contribution in [0.25, 0.3) is 0 Å². The third-order valence-electron chi connectivity index (χ3n) is 3.98. The molecule has 0 radical (unpaired) electrons. The van der Waals surface area contributed by atoms with Gasteiger partial charge in [0.25, 0.3) is 0 Å². The van der Waals surface area contributed by atoms with E-state index in [1.165, 1.54) is 38.6 Å². The first-order chi connectivity index (χ1) is 7.77. The molecular formula is C13H26N2O. The van der Waals surface area contributed by atoms with Gasteiger partial charge in [-0.3, -0.25) is 4.90 Å². The van der Waals surface area contributed by atoms with Crippen LogP contribution in [-0.4, -0.2) is 42.8 Å². The first-order valence-corrected chi connectivity index (χ1v) is 6.88. The van der Waals surface area contributed by atoms with Crippen molar-refractivity contribution in [3.63, 3.8) is 0 Å². The van der Waals surface area contributed by atoms with Gasteiger partial charge in [-0.25, -0.2) is 0 Å². The van der Waals surface area contributed by atoms with Crippen LogP contribution in [0.3, 0.4) is 0 Å². The molecule has 0 aromatic heterocycles. The molecule has 1 heterocycles. The maximum Gasteiger partial charge on any atom is 0.0674 e. The van der Waals surface area contributed by atoms with Crippen molar-refractivity contribution in [1.29, 1.82) is 0 Å². The lowest BCUT2D eigenvalue weighted by molar-refractivity contribution is 0.0569. The Bertz CT molecular complexity index is 210. The second-order valence-corrected chi connectivity index (χ2v) is 5.40. The Morgan fingerprint density at radius 2 is 1.94 bits per heavy atom. The van der Waals surface area contributed by atoms with E-state index >= 15 is 0 Å². The van der Waals surface area contributed by atoms with Gasteiger partial charge in [0.15, 0.2) is 0 Å². The summed E-state index contributed by atoms with van der Waals surface area (Å²) in [6.07, 6.45) is 8.06. The van der Waals surface area contributed by atoms with E-state index in [1.54, 1.807) is 0 Å². The Morgan fingerprint density at radius 3 is 2.81 bits per heavy atom. The van der Waals surface area contributed by atoms with E-state index in [-0.39, 0.29) is 0 Å². The van der Waals surface area contributed by atoms with Crippen LogP contribution in [0.2, 0.25) is 0 Å². The van der Waals surface area contributed by atoms with Gasteiger partial charge in [-0.05, 0) is 26.2 Å². The second kappa shape index (κ2) is 5.99. The molecule has 0 aromatic carbocycles. The van der Waals surface area contributed by atoms with Gasteiger partial charge in [-0.2, -0.15) is 0 Å². The van der Waals surface area contributed by atoms with Crippen molar-refractivity contribution in [3.05, 3.63) is 0 Å². The number of nitrogens with zero attached hydrogens (tertiary/aromatic N) is 1. The number of rotatable bonds is 1. The fourth-order valence-corrected chi connectivity index (χ4v) is 3.10. The molecule has 2 rings (SSSR count). The second-order valence-electron chi connectivity index (χ2n) is 5.40. The largest absolute Gasteiger partial charge is 0.377 e. The van der Waals surface area contributed by atoms with Crippen molar-refractivity contribution in [3.8, 4) is 0 Å². The molecule has 0 bridgehead atoms. The number of ether oxygens (including phenoxy) is 1.